The molecule has 2 aromatic carbocycles. The van der Waals surface area contributed by atoms with E-state index in [-0.39, 0.29) is 23.3 Å². The molecule has 2 aromatic rings. The third-order valence-corrected chi connectivity index (χ3v) is 7.43. The summed E-state index contributed by atoms with van der Waals surface area (Å²) in [5, 5.41) is 2.72. The van der Waals surface area contributed by atoms with E-state index in [1.165, 1.54) is 23.8 Å². The molecule has 1 N–H and O–H groups in total. The Kier molecular flexibility index (Phi) is 8.23. The lowest BCUT2D eigenvalue weighted by atomic mass is 10.1. The zero-order chi connectivity index (χ0) is 26.6. The molecule has 0 bridgehead atoms. The summed E-state index contributed by atoms with van der Waals surface area (Å²) in [6.45, 7) is 8.00. The van der Waals surface area contributed by atoms with E-state index >= 15 is 0 Å². The van der Waals surface area contributed by atoms with E-state index in [1.54, 1.807) is 0 Å². The van der Waals surface area contributed by atoms with Gasteiger partial charge in [0, 0.05) is 37.6 Å². The second-order valence-electron chi connectivity index (χ2n) is 9.69. The number of nitrogens with one attached hydrogen (secondary N) is 1. The number of anilines is 2. The fraction of sp³-hybridized carbons (Fsp3) is 0.444. The van der Waals surface area contributed by atoms with Crippen molar-refractivity contribution in [2.24, 2.45) is 4.99 Å². The molecule has 3 aliphatic heterocycles. The summed E-state index contributed by atoms with van der Waals surface area (Å²) in [5.74, 6) is -0.829. The number of aliphatic imine (C=N–C) groups is 1. The van der Waals surface area contributed by atoms with Gasteiger partial charge in [0.15, 0.2) is 0 Å². The number of carbonyl (C=O) groups is 2. The molecule has 0 unspecified atom stereocenters. The Bertz CT molecular complexity index is 1200. The van der Waals surface area contributed by atoms with E-state index in [0.717, 1.165) is 51.5 Å². The van der Waals surface area contributed by atoms with E-state index in [2.05, 4.69) is 39.2 Å². The Morgan fingerprint density at radius 1 is 1.11 bits per heavy atom. The fourth-order valence-corrected chi connectivity index (χ4v) is 5.11. The number of benzene rings is 2. The van der Waals surface area contributed by atoms with Gasteiger partial charge in [-0.1, -0.05) is 30.7 Å². The second-order valence-corrected chi connectivity index (χ2v) is 10.1. The number of hydrogen-bond acceptors (Lipinski definition) is 7. The van der Waals surface area contributed by atoms with Crippen molar-refractivity contribution in [3.05, 3.63) is 58.9 Å². The maximum absolute atomic E-state index is 13.6. The van der Waals surface area contributed by atoms with E-state index in [4.69, 9.17) is 16.3 Å². The topological polar surface area (TPSA) is 80.7 Å². The number of amides is 2. The number of halogens is 2. The van der Waals surface area contributed by atoms with Crippen molar-refractivity contribution >= 4 is 40.7 Å². The third kappa shape index (κ3) is 5.99. The summed E-state index contributed by atoms with van der Waals surface area (Å²) >= 11 is 5.91. The van der Waals surface area contributed by atoms with E-state index in [1.807, 2.05) is 21.9 Å². The molecule has 2 saturated heterocycles. The highest BCUT2D eigenvalue weighted by Gasteiger charge is 2.41. The van der Waals surface area contributed by atoms with Crippen LogP contribution >= 0.6 is 11.6 Å². The van der Waals surface area contributed by atoms with Crippen molar-refractivity contribution in [3.8, 4) is 0 Å². The molecule has 1 atom stereocenters. The first-order valence-corrected chi connectivity index (χ1v) is 13.3. The number of hydrogen-bond donors (Lipinski definition) is 1. The summed E-state index contributed by atoms with van der Waals surface area (Å²) in [5.41, 5.74) is 2.48. The van der Waals surface area contributed by atoms with Crippen LogP contribution in [0.25, 0.3) is 0 Å². The van der Waals surface area contributed by atoms with E-state index in [9.17, 15) is 14.0 Å². The number of guanidine groups is 1. The molecular formula is C27H32ClFN6O3. The number of carbonyl (C=O) groups excluding carboxylic acids is 2. The number of rotatable bonds is 7. The maximum atomic E-state index is 13.6. The molecule has 0 aliphatic carbocycles. The van der Waals surface area contributed by atoms with Gasteiger partial charge < -0.3 is 15.0 Å². The van der Waals surface area contributed by atoms with Gasteiger partial charge in [0.25, 0.3) is 5.91 Å². The summed E-state index contributed by atoms with van der Waals surface area (Å²) in [7, 11) is 0. The van der Waals surface area contributed by atoms with Gasteiger partial charge in [-0.2, -0.15) is 4.99 Å². The van der Waals surface area contributed by atoms with Gasteiger partial charge in [-0.05, 0) is 42.3 Å². The van der Waals surface area contributed by atoms with Crippen LogP contribution in [0.1, 0.15) is 18.9 Å². The Morgan fingerprint density at radius 2 is 1.84 bits per heavy atom. The molecule has 38 heavy (non-hydrogen) atoms. The van der Waals surface area contributed by atoms with Gasteiger partial charge in [-0.15, -0.1) is 0 Å². The minimum Gasteiger partial charge on any atom is -0.379 e. The van der Waals surface area contributed by atoms with Crippen molar-refractivity contribution in [1.82, 2.24) is 14.7 Å². The van der Waals surface area contributed by atoms with Crippen LogP contribution in [0.15, 0.2) is 47.5 Å². The molecule has 11 heteroatoms. The minimum absolute atomic E-state index is 0.0514. The summed E-state index contributed by atoms with van der Waals surface area (Å²) in [6.07, 6.45) is 0.872. The van der Waals surface area contributed by atoms with Gasteiger partial charge >= 0.3 is 0 Å². The van der Waals surface area contributed by atoms with Crippen LogP contribution < -0.4 is 10.2 Å². The number of fused-ring (bicyclic) bond motifs is 1. The molecule has 5 rings (SSSR count). The quantitative estimate of drug-likeness (QED) is 0.576. The zero-order valence-electron chi connectivity index (χ0n) is 21.4. The second kappa shape index (κ2) is 11.8. The standard InChI is InChI=1S/C27H32ClFN6O3/c1-2-19-3-6-21(7-4-19)34-17-33(10-9-32-11-13-38-14-12-32)18-35-24(16-25(36)31-27(34)35)26(37)30-20-5-8-23(29)22(28)15-20/h3-8,15,24H,2,9-14,16-18H2,1H3,(H,30,37)/t24-/m0/s1. The first-order chi connectivity index (χ1) is 18.4. The predicted octanol–water partition coefficient (Wildman–Crippen LogP) is 3.01. The lowest BCUT2D eigenvalue weighted by molar-refractivity contribution is -0.127. The molecule has 3 heterocycles. The zero-order valence-corrected chi connectivity index (χ0v) is 22.2. The first-order valence-electron chi connectivity index (χ1n) is 12.9. The van der Waals surface area contributed by atoms with Crippen LogP contribution in [-0.2, 0) is 20.7 Å². The highest BCUT2D eigenvalue weighted by atomic mass is 35.5. The summed E-state index contributed by atoms with van der Waals surface area (Å²) in [6, 6.07) is 11.4. The fourth-order valence-electron chi connectivity index (χ4n) is 4.93. The average Bonchev–Trinajstić information content (AvgIpc) is 2.94. The Hall–Kier alpha value is -3.05. The number of ether oxygens (including phenoxy) is 1. The van der Waals surface area contributed by atoms with Crippen LogP contribution in [-0.4, -0.2) is 91.2 Å². The Labute approximate surface area is 226 Å². The molecule has 3 aliphatic rings. The van der Waals surface area contributed by atoms with Crippen molar-refractivity contribution in [1.29, 1.82) is 0 Å². The first kappa shape index (κ1) is 26.6. The monoisotopic (exact) mass is 542 g/mol. The van der Waals surface area contributed by atoms with Crippen molar-refractivity contribution in [2.75, 3.05) is 62.9 Å². The number of morpholine rings is 1. The smallest absolute Gasteiger partial charge is 0.251 e. The Morgan fingerprint density at radius 3 is 2.55 bits per heavy atom. The van der Waals surface area contributed by atoms with Crippen molar-refractivity contribution in [3.63, 3.8) is 0 Å². The number of nitrogens with zero attached hydrogens (tertiary/aromatic N) is 5. The molecule has 0 radical (unpaired) electrons. The summed E-state index contributed by atoms with van der Waals surface area (Å²) in [4.78, 5) is 39.1. The largest absolute Gasteiger partial charge is 0.379 e. The molecule has 202 valence electrons. The highest BCUT2D eigenvalue weighted by molar-refractivity contribution is 6.31. The molecule has 9 nitrogen and oxygen atoms in total. The molecule has 2 amide bonds. The summed E-state index contributed by atoms with van der Waals surface area (Å²) < 4.78 is 19.1. The SMILES string of the molecule is CCc1ccc(N2CN(CCN3CCOCC3)CN3C2=NC(=O)C[C@H]3C(=O)Nc2ccc(F)c(Cl)c2)cc1. The van der Waals surface area contributed by atoms with Gasteiger partial charge in [0.05, 0.1) is 38.0 Å². The number of aryl methyl sites for hydroxylation is 1. The van der Waals surface area contributed by atoms with Gasteiger partial charge in [0.2, 0.25) is 11.9 Å². The molecular weight excluding hydrogens is 511 g/mol. The van der Waals surface area contributed by atoms with Crippen LogP contribution in [0.5, 0.6) is 0 Å². The highest BCUT2D eigenvalue weighted by Crippen LogP contribution is 2.27. The van der Waals surface area contributed by atoms with Gasteiger partial charge in [-0.25, -0.2) is 4.39 Å². The van der Waals surface area contributed by atoms with Crippen molar-refractivity contribution < 1.29 is 18.7 Å². The predicted molar refractivity (Wildman–Crippen MR) is 145 cm³/mol. The van der Waals surface area contributed by atoms with Crippen LogP contribution in [0, 0.1) is 5.82 Å². The van der Waals surface area contributed by atoms with Gasteiger partial charge in [0.1, 0.15) is 11.9 Å². The van der Waals surface area contributed by atoms with E-state index < -0.39 is 11.9 Å². The lowest BCUT2D eigenvalue weighted by Crippen LogP contribution is -2.66. The van der Waals surface area contributed by atoms with Gasteiger partial charge in [-0.3, -0.25) is 24.3 Å². The lowest BCUT2D eigenvalue weighted by Gasteiger charge is -2.48. The maximum Gasteiger partial charge on any atom is 0.251 e. The molecule has 0 spiro atoms. The van der Waals surface area contributed by atoms with Crippen LogP contribution in [0.4, 0.5) is 15.8 Å². The molecule has 2 fully saturated rings. The molecule has 0 saturated carbocycles. The minimum atomic E-state index is -0.776. The normalized spacial score (nSPS) is 20.8. The van der Waals surface area contributed by atoms with E-state index in [0.29, 0.717) is 25.0 Å². The molecule has 0 aromatic heterocycles. The van der Waals surface area contributed by atoms with Crippen molar-refractivity contribution in [2.45, 2.75) is 25.8 Å². The van der Waals surface area contributed by atoms with Crippen LogP contribution in [0.2, 0.25) is 5.02 Å². The van der Waals surface area contributed by atoms with Crippen LogP contribution in [0.3, 0.4) is 0 Å². The average molecular weight is 543 g/mol. The third-order valence-electron chi connectivity index (χ3n) is 7.14. The Balaban J connectivity index is 1.40.